The van der Waals surface area contributed by atoms with Crippen LogP contribution in [0.3, 0.4) is 0 Å². The summed E-state index contributed by atoms with van der Waals surface area (Å²) in [5.74, 6) is 1.06. The van der Waals surface area contributed by atoms with Crippen molar-refractivity contribution in [2.24, 2.45) is 5.73 Å². The van der Waals surface area contributed by atoms with Crippen molar-refractivity contribution in [1.29, 1.82) is 0 Å². The number of nitrogens with two attached hydrogens (primary N) is 1. The van der Waals surface area contributed by atoms with E-state index in [1.165, 1.54) is 16.7 Å². The van der Waals surface area contributed by atoms with Gasteiger partial charge in [0.15, 0.2) is 0 Å². The van der Waals surface area contributed by atoms with Crippen LogP contribution in [0.5, 0.6) is 5.75 Å². The molecular weight excluding hydrogens is 198 g/mol. The van der Waals surface area contributed by atoms with Crippen LogP contribution in [0.25, 0.3) is 0 Å². The highest BCUT2D eigenvalue weighted by Gasteiger charge is 2.11. The van der Waals surface area contributed by atoms with Crippen LogP contribution in [0.1, 0.15) is 37.0 Å². The topological polar surface area (TPSA) is 35.2 Å². The first-order valence-corrected chi connectivity index (χ1v) is 6.02. The summed E-state index contributed by atoms with van der Waals surface area (Å²) in [6.07, 6.45) is 2.24. The van der Waals surface area contributed by atoms with E-state index in [2.05, 4.69) is 39.8 Å². The molecule has 1 aromatic rings. The van der Waals surface area contributed by atoms with Crippen LogP contribution in [0, 0.1) is 13.8 Å². The van der Waals surface area contributed by atoms with Crippen LogP contribution in [-0.4, -0.2) is 12.6 Å². The van der Waals surface area contributed by atoms with Gasteiger partial charge in [0.1, 0.15) is 5.75 Å². The summed E-state index contributed by atoms with van der Waals surface area (Å²) in [5.41, 5.74) is 9.41. The minimum absolute atomic E-state index is 0.220. The minimum atomic E-state index is 0.220. The number of rotatable bonds is 5. The lowest BCUT2D eigenvalue weighted by Crippen LogP contribution is -2.10. The SMILES string of the molecule is Cc1ccc(C)c(OC(C)C)c1CCCN. The van der Waals surface area contributed by atoms with Gasteiger partial charge in [0.2, 0.25) is 0 Å². The molecule has 1 rings (SSSR count). The molecule has 0 heterocycles. The van der Waals surface area contributed by atoms with Gasteiger partial charge in [-0.05, 0) is 63.8 Å². The van der Waals surface area contributed by atoms with E-state index in [-0.39, 0.29) is 6.10 Å². The molecule has 0 saturated heterocycles. The third-order valence-corrected chi connectivity index (χ3v) is 2.68. The Bertz CT molecular complexity index is 345. The first-order valence-electron chi connectivity index (χ1n) is 6.02. The summed E-state index contributed by atoms with van der Waals surface area (Å²) in [6, 6.07) is 4.29. The summed E-state index contributed by atoms with van der Waals surface area (Å²) < 4.78 is 5.91. The third kappa shape index (κ3) is 3.24. The maximum absolute atomic E-state index is 5.91. The molecule has 2 N–H and O–H groups in total. The zero-order valence-electron chi connectivity index (χ0n) is 10.8. The molecule has 0 aromatic heterocycles. The quantitative estimate of drug-likeness (QED) is 0.829. The molecule has 0 unspecified atom stereocenters. The van der Waals surface area contributed by atoms with E-state index in [4.69, 9.17) is 10.5 Å². The summed E-state index contributed by atoms with van der Waals surface area (Å²) in [6.45, 7) is 9.10. The van der Waals surface area contributed by atoms with Crippen LogP contribution in [0.15, 0.2) is 12.1 Å². The van der Waals surface area contributed by atoms with Crippen LogP contribution in [0.2, 0.25) is 0 Å². The van der Waals surface area contributed by atoms with Crippen molar-refractivity contribution in [2.75, 3.05) is 6.54 Å². The summed E-state index contributed by atoms with van der Waals surface area (Å²) in [7, 11) is 0. The Kier molecular flexibility index (Phi) is 4.81. The van der Waals surface area contributed by atoms with Crippen molar-refractivity contribution in [3.8, 4) is 5.75 Å². The van der Waals surface area contributed by atoms with Gasteiger partial charge in [-0.25, -0.2) is 0 Å². The molecule has 0 bridgehead atoms. The molecule has 1 aromatic carbocycles. The van der Waals surface area contributed by atoms with Gasteiger partial charge in [0.25, 0.3) is 0 Å². The number of aryl methyl sites for hydroxylation is 2. The molecular formula is C14H23NO. The van der Waals surface area contributed by atoms with Crippen molar-refractivity contribution >= 4 is 0 Å². The number of hydrogen-bond donors (Lipinski definition) is 1. The van der Waals surface area contributed by atoms with E-state index < -0.39 is 0 Å². The molecule has 16 heavy (non-hydrogen) atoms. The van der Waals surface area contributed by atoms with Crippen LogP contribution in [-0.2, 0) is 6.42 Å². The standard InChI is InChI=1S/C14H23NO/c1-10(2)16-14-12(4)8-7-11(3)13(14)6-5-9-15/h7-8,10H,5-6,9,15H2,1-4H3. The number of hydrogen-bond acceptors (Lipinski definition) is 2. The maximum Gasteiger partial charge on any atom is 0.126 e. The Morgan fingerprint density at radius 2 is 1.81 bits per heavy atom. The summed E-state index contributed by atoms with van der Waals surface area (Å²) in [5, 5.41) is 0. The van der Waals surface area contributed by atoms with Gasteiger partial charge in [0, 0.05) is 0 Å². The minimum Gasteiger partial charge on any atom is -0.490 e. The molecule has 0 spiro atoms. The first-order chi connectivity index (χ1) is 7.56. The van der Waals surface area contributed by atoms with Crippen molar-refractivity contribution < 1.29 is 4.74 Å². The predicted molar refractivity (Wildman–Crippen MR) is 69.1 cm³/mol. The lowest BCUT2D eigenvalue weighted by molar-refractivity contribution is 0.238. The lowest BCUT2D eigenvalue weighted by Gasteiger charge is -2.18. The largest absolute Gasteiger partial charge is 0.490 e. The number of benzene rings is 1. The zero-order chi connectivity index (χ0) is 12.1. The molecule has 0 saturated carbocycles. The van der Waals surface area contributed by atoms with E-state index in [1.807, 2.05) is 0 Å². The summed E-state index contributed by atoms with van der Waals surface area (Å²) >= 11 is 0. The van der Waals surface area contributed by atoms with Gasteiger partial charge >= 0.3 is 0 Å². The molecule has 0 amide bonds. The average molecular weight is 221 g/mol. The second-order valence-corrected chi connectivity index (χ2v) is 4.57. The second kappa shape index (κ2) is 5.90. The fourth-order valence-corrected chi connectivity index (χ4v) is 1.83. The van der Waals surface area contributed by atoms with Crippen molar-refractivity contribution in [1.82, 2.24) is 0 Å². The van der Waals surface area contributed by atoms with Gasteiger partial charge in [0.05, 0.1) is 6.10 Å². The van der Waals surface area contributed by atoms with E-state index in [9.17, 15) is 0 Å². The Balaban J connectivity index is 3.04. The Labute approximate surface area is 98.8 Å². The predicted octanol–water partition coefficient (Wildman–Crippen LogP) is 2.98. The van der Waals surface area contributed by atoms with Crippen LogP contribution >= 0.6 is 0 Å². The van der Waals surface area contributed by atoms with Gasteiger partial charge < -0.3 is 10.5 Å². The molecule has 0 fully saturated rings. The van der Waals surface area contributed by atoms with Gasteiger partial charge in [-0.2, -0.15) is 0 Å². The molecule has 90 valence electrons. The monoisotopic (exact) mass is 221 g/mol. The zero-order valence-corrected chi connectivity index (χ0v) is 10.8. The van der Waals surface area contributed by atoms with E-state index in [0.29, 0.717) is 0 Å². The maximum atomic E-state index is 5.91. The number of ether oxygens (including phenoxy) is 1. The average Bonchev–Trinajstić information content (AvgIpc) is 2.22. The molecule has 0 aliphatic carbocycles. The third-order valence-electron chi connectivity index (χ3n) is 2.68. The Morgan fingerprint density at radius 1 is 1.19 bits per heavy atom. The van der Waals surface area contributed by atoms with E-state index in [1.54, 1.807) is 0 Å². The van der Waals surface area contributed by atoms with E-state index >= 15 is 0 Å². The molecule has 0 radical (unpaired) electrons. The van der Waals surface area contributed by atoms with Gasteiger partial charge in [-0.1, -0.05) is 12.1 Å². The molecule has 0 aliphatic heterocycles. The smallest absolute Gasteiger partial charge is 0.126 e. The molecule has 2 nitrogen and oxygen atoms in total. The lowest BCUT2D eigenvalue weighted by atomic mass is 9.99. The van der Waals surface area contributed by atoms with Crippen molar-refractivity contribution in [2.45, 2.75) is 46.6 Å². The first kappa shape index (κ1) is 13.0. The fourth-order valence-electron chi connectivity index (χ4n) is 1.83. The van der Waals surface area contributed by atoms with Crippen molar-refractivity contribution in [3.05, 3.63) is 28.8 Å². The highest BCUT2D eigenvalue weighted by atomic mass is 16.5. The van der Waals surface area contributed by atoms with Gasteiger partial charge in [-0.15, -0.1) is 0 Å². The van der Waals surface area contributed by atoms with E-state index in [0.717, 1.165) is 25.1 Å². The molecule has 2 heteroatoms. The van der Waals surface area contributed by atoms with Gasteiger partial charge in [-0.3, -0.25) is 0 Å². The molecule has 0 atom stereocenters. The Hall–Kier alpha value is -1.02. The highest BCUT2D eigenvalue weighted by Crippen LogP contribution is 2.28. The normalized spacial score (nSPS) is 10.9. The summed E-state index contributed by atoms with van der Waals surface area (Å²) in [4.78, 5) is 0. The van der Waals surface area contributed by atoms with Crippen LogP contribution in [0.4, 0.5) is 0 Å². The van der Waals surface area contributed by atoms with Crippen molar-refractivity contribution in [3.63, 3.8) is 0 Å². The fraction of sp³-hybridized carbons (Fsp3) is 0.571. The Morgan fingerprint density at radius 3 is 2.38 bits per heavy atom. The second-order valence-electron chi connectivity index (χ2n) is 4.57. The highest BCUT2D eigenvalue weighted by molar-refractivity contribution is 5.45. The van der Waals surface area contributed by atoms with Crippen LogP contribution < -0.4 is 10.5 Å². The molecule has 0 aliphatic rings.